The summed E-state index contributed by atoms with van der Waals surface area (Å²) in [5.74, 6) is 0.179. The lowest BCUT2D eigenvalue weighted by Crippen LogP contribution is -2.11. The lowest BCUT2D eigenvalue weighted by Gasteiger charge is -2.14. The van der Waals surface area contributed by atoms with Crippen LogP contribution in [0.25, 0.3) is 22.2 Å². The highest BCUT2D eigenvalue weighted by Gasteiger charge is 2.18. The van der Waals surface area contributed by atoms with Crippen molar-refractivity contribution < 1.29 is 9.53 Å². The number of esters is 1. The third kappa shape index (κ3) is 3.81. The van der Waals surface area contributed by atoms with E-state index in [0.717, 1.165) is 38.7 Å². The number of pyridine rings is 1. The van der Waals surface area contributed by atoms with Crippen LogP contribution in [0.2, 0.25) is 5.02 Å². The number of aryl methyl sites for hydroxylation is 3. The molecule has 0 aliphatic carbocycles. The molecule has 4 rings (SSSR count). The van der Waals surface area contributed by atoms with Crippen molar-refractivity contribution in [2.45, 2.75) is 27.7 Å². The van der Waals surface area contributed by atoms with Crippen LogP contribution in [0.3, 0.4) is 0 Å². The predicted molar refractivity (Wildman–Crippen MR) is 123 cm³/mol. The summed E-state index contributed by atoms with van der Waals surface area (Å²) >= 11 is 6.04. The molecule has 3 aromatic carbocycles. The molecule has 1 aromatic heterocycles. The van der Waals surface area contributed by atoms with Crippen LogP contribution >= 0.6 is 11.6 Å². The third-order valence-corrected chi connectivity index (χ3v) is 5.62. The summed E-state index contributed by atoms with van der Waals surface area (Å²) in [6.07, 6.45) is 0. The fourth-order valence-corrected chi connectivity index (χ4v) is 3.73. The number of hydrogen-bond donors (Lipinski definition) is 0. The Balaban J connectivity index is 1.89. The first-order valence-electron chi connectivity index (χ1n) is 9.80. The van der Waals surface area contributed by atoms with Crippen molar-refractivity contribution in [3.63, 3.8) is 0 Å². The van der Waals surface area contributed by atoms with Gasteiger partial charge in [0.15, 0.2) is 0 Å². The van der Waals surface area contributed by atoms with Gasteiger partial charge in [0.05, 0.1) is 16.8 Å². The van der Waals surface area contributed by atoms with Gasteiger partial charge in [0.25, 0.3) is 0 Å². The summed E-state index contributed by atoms with van der Waals surface area (Å²) in [6.45, 7) is 7.98. The number of rotatable bonds is 3. The zero-order chi connectivity index (χ0) is 21.4. The molecule has 0 unspecified atom stereocenters. The van der Waals surface area contributed by atoms with Crippen molar-refractivity contribution in [2.24, 2.45) is 0 Å². The zero-order valence-corrected chi connectivity index (χ0v) is 18.2. The molecule has 0 aliphatic heterocycles. The fourth-order valence-electron chi connectivity index (χ4n) is 3.61. The molecule has 0 N–H and O–H groups in total. The maximum atomic E-state index is 13.3. The standard InChI is InChI=1S/C26H22ClNO2/c1-15-12-17(3)25-21(13-15)22(14-23(28-25)19-8-10-20(27)11-9-19)26(29)30-24-7-5-6-16(2)18(24)4/h5-14H,1-4H3. The molecule has 0 spiro atoms. The molecule has 0 saturated heterocycles. The summed E-state index contributed by atoms with van der Waals surface area (Å²) in [5.41, 5.74) is 7.01. The molecule has 0 aliphatic rings. The van der Waals surface area contributed by atoms with Crippen molar-refractivity contribution in [3.8, 4) is 17.0 Å². The van der Waals surface area contributed by atoms with E-state index in [2.05, 4.69) is 6.07 Å². The highest BCUT2D eigenvalue weighted by molar-refractivity contribution is 6.30. The SMILES string of the molecule is Cc1cc(C)c2nc(-c3ccc(Cl)cc3)cc(C(=O)Oc3cccc(C)c3C)c2c1. The topological polar surface area (TPSA) is 39.2 Å². The number of aromatic nitrogens is 1. The number of halogens is 1. The number of benzene rings is 3. The lowest BCUT2D eigenvalue weighted by atomic mass is 10.00. The van der Waals surface area contributed by atoms with Gasteiger partial charge in [-0.3, -0.25) is 0 Å². The van der Waals surface area contributed by atoms with Gasteiger partial charge in [-0.25, -0.2) is 9.78 Å². The molecule has 0 bridgehead atoms. The van der Waals surface area contributed by atoms with Gasteiger partial charge in [-0.1, -0.05) is 47.5 Å². The third-order valence-electron chi connectivity index (χ3n) is 5.37. The van der Waals surface area contributed by atoms with E-state index in [1.165, 1.54) is 0 Å². The number of nitrogens with zero attached hydrogens (tertiary/aromatic N) is 1. The lowest BCUT2D eigenvalue weighted by molar-refractivity contribution is 0.0735. The van der Waals surface area contributed by atoms with E-state index in [9.17, 15) is 4.79 Å². The summed E-state index contributed by atoms with van der Waals surface area (Å²) in [6, 6.07) is 19.0. The van der Waals surface area contributed by atoms with Crippen LogP contribution in [0.15, 0.2) is 60.7 Å². The van der Waals surface area contributed by atoms with Gasteiger partial charge in [0.2, 0.25) is 0 Å². The second-order valence-electron chi connectivity index (χ2n) is 7.63. The van der Waals surface area contributed by atoms with Crippen LogP contribution in [-0.4, -0.2) is 11.0 Å². The molecule has 0 amide bonds. The summed E-state index contributed by atoms with van der Waals surface area (Å²) in [5, 5.41) is 1.45. The minimum atomic E-state index is -0.392. The van der Waals surface area contributed by atoms with Gasteiger partial charge in [0.1, 0.15) is 5.75 Å². The Morgan fingerprint density at radius 2 is 1.63 bits per heavy atom. The van der Waals surface area contributed by atoms with Crippen molar-refractivity contribution in [2.75, 3.05) is 0 Å². The quantitative estimate of drug-likeness (QED) is 0.267. The molecule has 0 atom stereocenters. The maximum absolute atomic E-state index is 13.3. The Kier molecular flexibility index (Phi) is 5.31. The summed E-state index contributed by atoms with van der Waals surface area (Å²) in [7, 11) is 0. The molecule has 1 heterocycles. The van der Waals surface area contributed by atoms with Crippen LogP contribution in [0, 0.1) is 27.7 Å². The van der Waals surface area contributed by atoms with E-state index in [0.29, 0.717) is 22.0 Å². The number of carbonyl (C=O) groups excluding carboxylic acids is 1. The highest BCUT2D eigenvalue weighted by Crippen LogP contribution is 2.30. The average Bonchev–Trinajstić information content (AvgIpc) is 2.71. The van der Waals surface area contributed by atoms with Crippen LogP contribution in [0.5, 0.6) is 5.75 Å². The van der Waals surface area contributed by atoms with Crippen molar-refractivity contribution >= 4 is 28.5 Å². The maximum Gasteiger partial charge on any atom is 0.344 e. The molecular formula is C26H22ClNO2. The second-order valence-corrected chi connectivity index (χ2v) is 8.06. The summed E-state index contributed by atoms with van der Waals surface area (Å²) < 4.78 is 5.82. The highest BCUT2D eigenvalue weighted by atomic mass is 35.5. The molecule has 0 saturated carbocycles. The molecule has 4 aromatic rings. The minimum absolute atomic E-state index is 0.392. The number of carbonyl (C=O) groups is 1. The molecule has 30 heavy (non-hydrogen) atoms. The van der Waals surface area contributed by atoms with Gasteiger partial charge in [-0.2, -0.15) is 0 Å². The van der Waals surface area contributed by atoms with Crippen LogP contribution in [0.1, 0.15) is 32.6 Å². The van der Waals surface area contributed by atoms with Crippen molar-refractivity contribution in [1.29, 1.82) is 0 Å². The fraction of sp³-hybridized carbons (Fsp3) is 0.154. The van der Waals surface area contributed by atoms with E-state index in [1.807, 2.05) is 76.2 Å². The van der Waals surface area contributed by atoms with Crippen molar-refractivity contribution in [1.82, 2.24) is 4.98 Å². The summed E-state index contributed by atoms with van der Waals surface area (Å²) in [4.78, 5) is 18.1. The van der Waals surface area contributed by atoms with Crippen LogP contribution in [-0.2, 0) is 0 Å². The Bertz CT molecular complexity index is 1280. The largest absolute Gasteiger partial charge is 0.423 e. The Morgan fingerprint density at radius 3 is 2.37 bits per heavy atom. The molecule has 4 heteroatoms. The predicted octanol–water partition coefficient (Wildman–Crippen LogP) is 7.01. The molecular weight excluding hydrogens is 394 g/mol. The normalized spacial score (nSPS) is 11.0. The van der Waals surface area contributed by atoms with Crippen LogP contribution in [0.4, 0.5) is 0 Å². The average molecular weight is 416 g/mol. The smallest absolute Gasteiger partial charge is 0.344 e. The van der Waals surface area contributed by atoms with Crippen molar-refractivity contribution in [3.05, 3.63) is 93.5 Å². The van der Waals surface area contributed by atoms with E-state index >= 15 is 0 Å². The van der Waals surface area contributed by atoms with Gasteiger partial charge in [-0.15, -0.1) is 0 Å². The Hall–Kier alpha value is -3.17. The van der Waals surface area contributed by atoms with Gasteiger partial charge in [-0.05, 0) is 74.7 Å². The molecule has 150 valence electrons. The van der Waals surface area contributed by atoms with Gasteiger partial charge < -0.3 is 4.74 Å². The van der Waals surface area contributed by atoms with Gasteiger partial charge in [0, 0.05) is 16.0 Å². The Labute approximate surface area is 181 Å². The van der Waals surface area contributed by atoms with Gasteiger partial charge >= 0.3 is 5.97 Å². The molecule has 3 nitrogen and oxygen atoms in total. The van der Waals surface area contributed by atoms with E-state index < -0.39 is 5.97 Å². The second kappa shape index (κ2) is 7.92. The number of hydrogen-bond acceptors (Lipinski definition) is 3. The van der Waals surface area contributed by atoms with E-state index in [1.54, 1.807) is 6.07 Å². The van der Waals surface area contributed by atoms with E-state index in [4.69, 9.17) is 21.3 Å². The van der Waals surface area contributed by atoms with Crippen LogP contribution < -0.4 is 4.74 Å². The number of ether oxygens (including phenoxy) is 1. The monoisotopic (exact) mass is 415 g/mol. The first-order chi connectivity index (χ1) is 14.3. The zero-order valence-electron chi connectivity index (χ0n) is 17.4. The Morgan fingerprint density at radius 1 is 0.900 bits per heavy atom. The number of fused-ring (bicyclic) bond motifs is 1. The first kappa shape index (κ1) is 20.1. The van der Waals surface area contributed by atoms with E-state index in [-0.39, 0.29) is 0 Å². The minimum Gasteiger partial charge on any atom is -0.423 e. The molecule has 0 radical (unpaired) electrons. The first-order valence-corrected chi connectivity index (χ1v) is 10.2. The molecule has 0 fully saturated rings.